The highest BCUT2D eigenvalue weighted by Gasteiger charge is 2.43. The predicted octanol–water partition coefficient (Wildman–Crippen LogP) is 5.89. The first-order valence-electron chi connectivity index (χ1n) is 11.8. The Labute approximate surface area is 202 Å². The van der Waals surface area contributed by atoms with Crippen LogP contribution in [0.2, 0.25) is 0 Å². The van der Waals surface area contributed by atoms with Crippen molar-refractivity contribution in [3.05, 3.63) is 72.4 Å². The molecule has 1 aromatic heterocycles. The number of piperidine rings is 3. The molecule has 0 radical (unpaired) electrons. The highest BCUT2D eigenvalue weighted by Crippen LogP contribution is 2.44. The highest BCUT2D eigenvalue weighted by molar-refractivity contribution is 5.84. The van der Waals surface area contributed by atoms with Crippen LogP contribution in [0, 0.1) is 11.8 Å². The van der Waals surface area contributed by atoms with Gasteiger partial charge in [-0.25, -0.2) is 0 Å². The largest absolute Gasteiger partial charge is 0.497 e. The average Bonchev–Trinajstić information content (AvgIpc) is 2.87. The molecule has 0 aliphatic carbocycles. The maximum Gasteiger partial charge on any atom is 0.416 e. The van der Waals surface area contributed by atoms with Gasteiger partial charge in [0.25, 0.3) is 0 Å². The monoisotopic (exact) mass is 482 g/mol. The first kappa shape index (κ1) is 23.5. The maximum absolute atomic E-state index is 13.2. The van der Waals surface area contributed by atoms with Gasteiger partial charge in [0.15, 0.2) is 0 Å². The maximum atomic E-state index is 13.2. The third kappa shape index (κ3) is 4.43. The van der Waals surface area contributed by atoms with Crippen molar-refractivity contribution in [3.8, 4) is 5.75 Å². The third-order valence-electron chi connectivity index (χ3n) is 7.55. The molecule has 2 aromatic carbocycles. The van der Waals surface area contributed by atoms with Crippen LogP contribution in [0.15, 0.2) is 61.3 Å². The molecular weight excluding hydrogens is 453 g/mol. The quantitative estimate of drug-likeness (QED) is 0.339. The van der Waals surface area contributed by atoms with Gasteiger partial charge in [0.1, 0.15) is 5.75 Å². The Bertz CT molecular complexity index is 1240. The molecule has 3 aliphatic heterocycles. The molecule has 3 N–H and O–H groups in total. The number of nitrogens with two attached hydrogens (primary N) is 1. The Hall–Kier alpha value is -3.26. The van der Waals surface area contributed by atoms with E-state index in [4.69, 9.17) is 10.5 Å². The number of nitrogens with one attached hydrogen (secondary N) is 1. The Morgan fingerprint density at radius 3 is 2.71 bits per heavy atom. The number of pyridine rings is 1. The SMILES string of the molecule is C=C[C@H]1CN2CC[C@H]1C[C@@H]2[C@@H](Nc1ccc(C(F)(F)F)cc1N)c1ccnc2ccc(OC)cc12. The normalized spacial score (nSPS) is 24.8. The molecule has 2 bridgehead atoms. The van der Waals surface area contributed by atoms with Crippen LogP contribution in [0.5, 0.6) is 5.75 Å². The second-order valence-electron chi connectivity index (χ2n) is 9.45. The van der Waals surface area contributed by atoms with E-state index in [1.165, 1.54) is 6.07 Å². The zero-order valence-electron chi connectivity index (χ0n) is 19.6. The van der Waals surface area contributed by atoms with Gasteiger partial charge in [-0.3, -0.25) is 9.88 Å². The zero-order chi connectivity index (χ0) is 24.7. The van der Waals surface area contributed by atoms with E-state index in [1.807, 2.05) is 24.3 Å². The molecular formula is C27H29F3N4O. The van der Waals surface area contributed by atoms with Crippen molar-refractivity contribution in [2.45, 2.75) is 31.1 Å². The van der Waals surface area contributed by atoms with E-state index in [0.717, 1.165) is 60.3 Å². The topological polar surface area (TPSA) is 63.4 Å². The van der Waals surface area contributed by atoms with Crippen LogP contribution in [-0.4, -0.2) is 36.1 Å². The van der Waals surface area contributed by atoms with Crippen LogP contribution in [0.1, 0.15) is 30.0 Å². The summed E-state index contributed by atoms with van der Waals surface area (Å²) < 4.78 is 45.1. The molecule has 3 fully saturated rings. The van der Waals surface area contributed by atoms with Gasteiger partial charge < -0.3 is 15.8 Å². The Morgan fingerprint density at radius 1 is 1.23 bits per heavy atom. The number of anilines is 2. The molecule has 8 heteroatoms. The van der Waals surface area contributed by atoms with Crippen LogP contribution in [-0.2, 0) is 6.18 Å². The summed E-state index contributed by atoms with van der Waals surface area (Å²) >= 11 is 0. The second kappa shape index (κ2) is 9.07. The molecule has 3 saturated heterocycles. The van der Waals surface area contributed by atoms with Gasteiger partial charge in [0.2, 0.25) is 0 Å². The minimum absolute atomic E-state index is 0.0701. The molecule has 35 heavy (non-hydrogen) atoms. The smallest absolute Gasteiger partial charge is 0.416 e. The molecule has 0 spiro atoms. The molecule has 184 valence electrons. The summed E-state index contributed by atoms with van der Waals surface area (Å²) in [6, 6.07) is 11.2. The molecule has 3 aliphatic rings. The van der Waals surface area contributed by atoms with E-state index in [2.05, 4.69) is 27.9 Å². The number of hydrogen-bond donors (Lipinski definition) is 2. The molecule has 0 amide bonds. The van der Waals surface area contributed by atoms with E-state index in [1.54, 1.807) is 13.3 Å². The molecule has 0 saturated carbocycles. The number of nitrogens with zero attached hydrogens (tertiary/aromatic N) is 2. The first-order chi connectivity index (χ1) is 16.8. The number of halogens is 3. The van der Waals surface area contributed by atoms with Crippen LogP contribution in [0.3, 0.4) is 0 Å². The lowest BCUT2D eigenvalue weighted by molar-refractivity contribution is -0.137. The summed E-state index contributed by atoms with van der Waals surface area (Å²) in [5.41, 5.74) is 7.77. The van der Waals surface area contributed by atoms with E-state index >= 15 is 0 Å². The molecule has 6 rings (SSSR count). The number of rotatable bonds is 6. The first-order valence-corrected chi connectivity index (χ1v) is 11.8. The summed E-state index contributed by atoms with van der Waals surface area (Å²) in [5, 5.41) is 4.47. The number of benzene rings is 2. The molecule has 1 unspecified atom stereocenters. The summed E-state index contributed by atoms with van der Waals surface area (Å²) in [7, 11) is 1.62. The van der Waals surface area contributed by atoms with Crippen molar-refractivity contribution < 1.29 is 17.9 Å². The van der Waals surface area contributed by atoms with Gasteiger partial charge >= 0.3 is 6.18 Å². The summed E-state index contributed by atoms with van der Waals surface area (Å²) in [4.78, 5) is 6.99. The minimum atomic E-state index is -4.45. The van der Waals surface area contributed by atoms with Crippen molar-refractivity contribution in [3.63, 3.8) is 0 Å². The van der Waals surface area contributed by atoms with Crippen molar-refractivity contribution >= 4 is 22.3 Å². The second-order valence-corrected chi connectivity index (χ2v) is 9.45. The van der Waals surface area contributed by atoms with Gasteiger partial charge in [-0.15, -0.1) is 6.58 Å². The molecule has 5 nitrogen and oxygen atoms in total. The highest BCUT2D eigenvalue weighted by atomic mass is 19.4. The minimum Gasteiger partial charge on any atom is -0.497 e. The summed E-state index contributed by atoms with van der Waals surface area (Å²) in [5.74, 6) is 1.70. The Kier molecular flexibility index (Phi) is 6.09. The molecule has 5 atom stereocenters. The van der Waals surface area contributed by atoms with Gasteiger partial charge in [-0.1, -0.05) is 6.08 Å². The van der Waals surface area contributed by atoms with Crippen molar-refractivity contribution in [1.29, 1.82) is 0 Å². The molecule has 3 aromatic rings. The van der Waals surface area contributed by atoms with Gasteiger partial charge in [0, 0.05) is 24.2 Å². The van der Waals surface area contributed by atoms with Gasteiger partial charge in [-0.2, -0.15) is 13.2 Å². The van der Waals surface area contributed by atoms with E-state index in [0.29, 0.717) is 17.5 Å². The van der Waals surface area contributed by atoms with Crippen LogP contribution >= 0.6 is 0 Å². The van der Waals surface area contributed by atoms with Gasteiger partial charge in [-0.05, 0) is 79.3 Å². The fourth-order valence-electron chi connectivity index (χ4n) is 5.69. The fraction of sp³-hybridized carbons (Fsp3) is 0.370. The lowest BCUT2D eigenvalue weighted by Gasteiger charge is -2.52. The van der Waals surface area contributed by atoms with E-state index < -0.39 is 11.7 Å². The third-order valence-corrected chi connectivity index (χ3v) is 7.55. The van der Waals surface area contributed by atoms with E-state index in [9.17, 15) is 13.2 Å². The number of hydrogen-bond acceptors (Lipinski definition) is 5. The van der Waals surface area contributed by atoms with Gasteiger partial charge in [0.05, 0.1) is 35.6 Å². The standard InChI is InChI=1S/C27H29F3N4O/c1-3-16-15-34-11-9-17(16)12-25(34)26(33-24-6-4-18(13-22(24)31)27(28,29)30)20-8-10-32-23-7-5-19(35-2)14-21(20)23/h3-8,10,13-14,16-17,25-26,33H,1,9,11-12,15,31H2,2H3/t16-,17-,25+,26-/m0/s1. The number of fused-ring (bicyclic) bond motifs is 4. The lowest BCUT2D eigenvalue weighted by atomic mass is 9.73. The number of aromatic nitrogens is 1. The Balaban J connectivity index is 1.59. The van der Waals surface area contributed by atoms with Crippen molar-refractivity contribution in [2.24, 2.45) is 11.8 Å². The Morgan fingerprint density at radius 2 is 2.06 bits per heavy atom. The lowest BCUT2D eigenvalue weighted by Crippen LogP contribution is -2.56. The number of nitrogen functional groups attached to an aromatic ring is 1. The van der Waals surface area contributed by atoms with Crippen LogP contribution in [0.4, 0.5) is 24.5 Å². The predicted molar refractivity (Wildman–Crippen MR) is 132 cm³/mol. The van der Waals surface area contributed by atoms with E-state index in [-0.39, 0.29) is 17.8 Å². The fourth-order valence-corrected chi connectivity index (χ4v) is 5.69. The zero-order valence-corrected chi connectivity index (χ0v) is 19.6. The van der Waals surface area contributed by atoms with Crippen LogP contribution in [0.25, 0.3) is 10.9 Å². The number of ether oxygens (including phenoxy) is 1. The van der Waals surface area contributed by atoms with Crippen molar-refractivity contribution in [2.75, 3.05) is 31.2 Å². The molecule has 4 heterocycles. The summed E-state index contributed by atoms with van der Waals surface area (Å²) in [6.45, 7) is 5.93. The summed E-state index contributed by atoms with van der Waals surface area (Å²) in [6.07, 6.45) is 1.46. The average molecular weight is 483 g/mol. The number of methoxy groups -OCH3 is 1. The van der Waals surface area contributed by atoms with Crippen molar-refractivity contribution in [1.82, 2.24) is 9.88 Å². The van der Waals surface area contributed by atoms with Crippen LogP contribution < -0.4 is 15.8 Å². The number of alkyl halides is 3.